The van der Waals surface area contributed by atoms with Gasteiger partial charge < -0.3 is 15.7 Å². The number of carbonyl (C=O) groups excluding carboxylic acids is 1. The van der Waals surface area contributed by atoms with Crippen LogP contribution in [0.1, 0.15) is 6.42 Å². The first-order chi connectivity index (χ1) is 4.54. The van der Waals surface area contributed by atoms with Crippen LogP contribution in [0.25, 0.3) is 0 Å². The zero-order chi connectivity index (χ0) is 8.15. The summed E-state index contributed by atoms with van der Waals surface area (Å²) in [5.41, 5.74) is 4.78. The molecule has 0 unspecified atom stereocenters. The summed E-state index contributed by atoms with van der Waals surface area (Å²) in [4.78, 5) is 21.2. The maximum Gasteiger partial charge on any atom is 0.407 e. The van der Waals surface area contributed by atoms with Crippen LogP contribution in [-0.4, -0.2) is 35.6 Å². The van der Waals surface area contributed by atoms with E-state index in [4.69, 9.17) is 10.8 Å². The summed E-state index contributed by atoms with van der Waals surface area (Å²) < 4.78 is 0. The van der Waals surface area contributed by atoms with Gasteiger partial charge >= 0.3 is 6.09 Å². The lowest BCUT2D eigenvalue weighted by Crippen LogP contribution is -2.28. The van der Waals surface area contributed by atoms with Gasteiger partial charge in [-0.05, 0) is 0 Å². The van der Waals surface area contributed by atoms with E-state index < -0.39 is 12.0 Å². The largest absolute Gasteiger partial charge is 0.465 e. The number of hydrogen-bond donors (Lipinski definition) is 2. The Hall–Kier alpha value is -1.26. The minimum absolute atomic E-state index is 0.0722. The van der Waals surface area contributed by atoms with E-state index in [-0.39, 0.29) is 13.0 Å². The van der Waals surface area contributed by atoms with Crippen molar-refractivity contribution >= 4 is 12.0 Å². The van der Waals surface area contributed by atoms with Gasteiger partial charge in [0.1, 0.15) is 0 Å². The molecule has 0 aliphatic heterocycles. The number of hydrogen-bond acceptors (Lipinski definition) is 2. The van der Waals surface area contributed by atoms with E-state index in [1.54, 1.807) is 0 Å². The van der Waals surface area contributed by atoms with Crippen molar-refractivity contribution < 1.29 is 14.7 Å². The predicted molar refractivity (Wildman–Crippen MR) is 34.5 cm³/mol. The van der Waals surface area contributed by atoms with E-state index in [1.807, 2.05) is 0 Å². The monoisotopic (exact) mass is 146 g/mol. The number of nitrogens with two attached hydrogens (primary N) is 1. The number of nitrogens with zero attached hydrogens (tertiary/aromatic N) is 1. The van der Waals surface area contributed by atoms with Crippen LogP contribution >= 0.6 is 0 Å². The van der Waals surface area contributed by atoms with Crippen molar-refractivity contribution in [2.24, 2.45) is 5.73 Å². The van der Waals surface area contributed by atoms with Gasteiger partial charge in [-0.3, -0.25) is 4.79 Å². The third-order valence-corrected chi connectivity index (χ3v) is 1.02. The Balaban J connectivity index is 3.49. The summed E-state index contributed by atoms with van der Waals surface area (Å²) in [6.45, 7) is 0.157. The highest BCUT2D eigenvalue weighted by Crippen LogP contribution is 1.85. The lowest BCUT2D eigenvalue weighted by molar-refractivity contribution is -0.118. The average molecular weight is 146 g/mol. The van der Waals surface area contributed by atoms with Crippen molar-refractivity contribution in [2.75, 3.05) is 13.6 Å². The van der Waals surface area contributed by atoms with Crippen LogP contribution in [0.3, 0.4) is 0 Å². The van der Waals surface area contributed by atoms with Crippen molar-refractivity contribution in [2.45, 2.75) is 6.42 Å². The number of primary amides is 1. The average Bonchev–Trinajstić information content (AvgIpc) is 1.82. The molecule has 0 aromatic heterocycles. The van der Waals surface area contributed by atoms with Crippen LogP contribution in [0.4, 0.5) is 4.79 Å². The van der Waals surface area contributed by atoms with Gasteiger partial charge in [0.2, 0.25) is 5.91 Å². The second-order valence-electron chi connectivity index (χ2n) is 1.92. The minimum atomic E-state index is -1.05. The van der Waals surface area contributed by atoms with E-state index in [0.717, 1.165) is 4.90 Å². The number of amides is 2. The molecule has 0 saturated carbocycles. The summed E-state index contributed by atoms with van der Waals surface area (Å²) in [5, 5.41) is 8.27. The summed E-state index contributed by atoms with van der Waals surface area (Å²) in [7, 11) is 1.38. The van der Waals surface area contributed by atoms with Crippen molar-refractivity contribution in [3.8, 4) is 0 Å². The van der Waals surface area contributed by atoms with Gasteiger partial charge in [0.15, 0.2) is 0 Å². The van der Waals surface area contributed by atoms with E-state index >= 15 is 0 Å². The molecule has 0 spiro atoms. The van der Waals surface area contributed by atoms with Crippen molar-refractivity contribution in [1.29, 1.82) is 0 Å². The molecule has 10 heavy (non-hydrogen) atoms. The molecule has 0 saturated heterocycles. The molecule has 0 aliphatic rings. The van der Waals surface area contributed by atoms with Gasteiger partial charge in [0.05, 0.1) is 0 Å². The second-order valence-corrected chi connectivity index (χ2v) is 1.92. The highest BCUT2D eigenvalue weighted by molar-refractivity contribution is 5.74. The topological polar surface area (TPSA) is 83.6 Å². The molecule has 0 aromatic carbocycles. The van der Waals surface area contributed by atoms with Gasteiger partial charge in [-0.1, -0.05) is 0 Å². The molecular weight excluding hydrogens is 136 g/mol. The van der Waals surface area contributed by atoms with Crippen LogP contribution in [0.15, 0.2) is 0 Å². The van der Waals surface area contributed by atoms with Gasteiger partial charge in [-0.15, -0.1) is 0 Å². The van der Waals surface area contributed by atoms with Crippen LogP contribution in [0.2, 0.25) is 0 Å². The summed E-state index contributed by atoms with van der Waals surface area (Å²) in [5.74, 6) is -0.492. The van der Waals surface area contributed by atoms with Gasteiger partial charge in [-0.25, -0.2) is 4.79 Å². The third kappa shape index (κ3) is 3.71. The Kier molecular flexibility index (Phi) is 3.24. The standard InChI is InChI=1S/C5H10N2O3/c1-7(5(9)10)3-2-4(6)8/h2-3H2,1H3,(H2,6,8)(H,9,10). The van der Waals surface area contributed by atoms with Gasteiger partial charge in [-0.2, -0.15) is 0 Å². The van der Waals surface area contributed by atoms with E-state index in [1.165, 1.54) is 7.05 Å². The minimum Gasteiger partial charge on any atom is -0.465 e. The molecule has 0 atom stereocenters. The van der Waals surface area contributed by atoms with Crippen LogP contribution in [0.5, 0.6) is 0 Å². The number of rotatable bonds is 3. The molecule has 3 N–H and O–H groups in total. The summed E-state index contributed by atoms with van der Waals surface area (Å²) >= 11 is 0. The first-order valence-electron chi connectivity index (χ1n) is 2.76. The fourth-order valence-corrected chi connectivity index (χ4v) is 0.374. The fourth-order valence-electron chi connectivity index (χ4n) is 0.374. The van der Waals surface area contributed by atoms with Crippen molar-refractivity contribution in [3.63, 3.8) is 0 Å². The highest BCUT2D eigenvalue weighted by Gasteiger charge is 2.05. The quantitative estimate of drug-likeness (QED) is 0.561. The Morgan fingerprint density at radius 3 is 2.40 bits per heavy atom. The van der Waals surface area contributed by atoms with E-state index in [0.29, 0.717) is 0 Å². The summed E-state index contributed by atoms with van der Waals surface area (Å²) in [6, 6.07) is 0. The molecule has 5 heteroatoms. The van der Waals surface area contributed by atoms with Gasteiger partial charge in [0.25, 0.3) is 0 Å². The zero-order valence-corrected chi connectivity index (χ0v) is 5.70. The smallest absolute Gasteiger partial charge is 0.407 e. The van der Waals surface area contributed by atoms with Crippen molar-refractivity contribution in [3.05, 3.63) is 0 Å². The summed E-state index contributed by atoms with van der Waals surface area (Å²) in [6.07, 6.45) is -0.982. The Morgan fingerprint density at radius 2 is 2.10 bits per heavy atom. The molecule has 0 rings (SSSR count). The van der Waals surface area contributed by atoms with Crippen LogP contribution < -0.4 is 5.73 Å². The second kappa shape index (κ2) is 3.71. The number of carboxylic acid groups (broad SMARTS) is 1. The van der Waals surface area contributed by atoms with E-state index in [9.17, 15) is 9.59 Å². The lowest BCUT2D eigenvalue weighted by Gasteiger charge is -2.09. The van der Waals surface area contributed by atoms with Gasteiger partial charge in [0, 0.05) is 20.0 Å². The molecule has 0 fully saturated rings. The molecule has 0 aliphatic carbocycles. The van der Waals surface area contributed by atoms with Crippen LogP contribution in [0, 0.1) is 0 Å². The van der Waals surface area contributed by atoms with Crippen LogP contribution in [-0.2, 0) is 4.79 Å². The molecule has 0 heterocycles. The maximum absolute atomic E-state index is 10.1. The first-order valence-corrected chi connectivity index (χ1v) is 2.76. The fraction of sp³-hybridized carbons (Fsp3) is 0.600. The molecule has 0 radical (unpaired) electrons. The Labute approximate surface area is 58.4 Å². The molecule has 0 bridgehead atoms. The molecule has 2 amide bonds. The zero-order valence-electron chi connectivity index (χ0n) is 5.70. The SMILES string of the molecule is CN(CCC(N)=O)C(=O)O. The lowest BCUT2D eigenvalue weighted by atomic mass is 10.4. The van der Waals surface area contributed by atoms with Crippen molar-refractivity contribution in [1.82, 2.24) is 4.90 Å². The normalized spacial score (nSPS) is 8.90. The molecule has 5 nitrogen and oxygen atoms in total. The molecular formula is C5H10N2O3. The Morgan fingerprint density at radius 1 is 1.60 bits per heavy atom. The predicted octanol–water partition coefficient (Wildman–Crippen LogP) is -0.528. The molecule has 0 aromatic rings. The highest BCUT2D eigenvalue weighted by atomic mass is 16.4. The Bertz CT molecular complexity index is 146. The molecule has 58 valence electrons. The number of carbonyl (C=O) groups is 2. The van der Waals surface area contributed by atoms with E-state index in [2.05, 4.69) is 0 Å². The maximum atomic E-state index is 10.1. The third-order valence-electron chi connectivity index (χ3n) is 1.02. The first kappa shape index (κ1) is 8.74.